The molecule has 7 nitrogen and oxygen atoms in total. The van der Waals surface area contributed by atoms with Gasteiger partial charge in [0, 0.05) is 50.3 Å². The predicted octanol–water partition coefficient (Wildman–Crippen LogP) is 2.96. The van der Waals surface area contributed by atoms with Crippen LogP contribution in [0.2, 0.25) is 0 Å². The van der Waals surface area contributed by atoms with Gasteiger partial charge in [0.15, 0.2) is 4.32 Å². The summed E-state index contributed by atoms with van der Waals surface area (Å²) in [6.07, 6.45) is 5.29. The molecule has 9 heteroatoms. The number of hydrogen-bond acceptors (Lipinski definition) is 8. The number of pyridine rings is 3. The molecule has 3 aromatic rings. The van der Waals surface area contributed by atoms with E-state index < -0.39 is 0 Å². The van der Waals surface area contributed by atoms with Gasteiger partial charge in [-0.25, -0.2) is 4.31 Å². The number of hydrogen-bond donors (Lipinski definition) is 3. The fourth-order valence-electron chi connectivity index (χ4n) is 2.97. The van der Waals surface area contributed by atoms with Crippen molar-refractivity contribution in [3.63, 3.8) is 0 Å². The molecule has 0 amide bonds. The van der Waals surface area contributed by atoms with E-state index >= 15 is 0 Å². The van der Waals surface area contributed by atoms with Crippen LogP contribution in [0.5, 0.6) is 0 Å². The zero-order chi connectivity index (χ0) is 19.9. The molecule has 4 rings (SSSR count). The Balaban J connectivity index is 1.46. The minimum absolute atomic E-state index is 0.678. The topological polar surface area (TPSA) is 78.0 Å². The Morgan fingerprint density at radius 2 is 1.79 bits per heavy atom. The second-order valence-electron chi connectivity index (χ2n) is 6.35. The summed E-state index contributed by atoms with van der Waals surface area (Å²) in [6, 6.07) is 13.6. The summed E-state index contributed by atoms with van der Waals surface area (Å²) in [5.41, 5.74) is 10.5. The zero-order valence-electron chi connectivity index (χ0n) is 15.7. The van der Waals surface area contributed by atoms with Crippen molar-refractivity contribution in [2.75, 3.05) is 31.6 Å². The molecule has 1 saturated heterocycles. The van der Waals surface area contributed by atoms with Gasteiger partial charge in [-0.15, -0.1) is 0 Å². The summed E-state index contributed by atoms with van der Waals surface area (Å²) in [7, 11) is 0. The first-order valence-electron chi connectivity index (χ1n) is 9.32. The average molecular weight is 424 g/mol. The Morgan fingerprint density at radius 3 is 2.62 bits per heavy atom. The third kappa shape index (κ3) is 5.27. The van der Waals surface area contributed by atoms with E-state index in [0.29, 0.717) is 4.32 Å². The molecule has 0 aromatic carbocycles. The van der Waals surface area contributed by atoms with Gasteiger partial charge >= 0.3 is 0 Å². The highest BCUT2D eigenvalue weighted by atomic mass is 32.2. The molecule has 0 saturated carbocycles. The van der Waals surface area contributed by atoms with E-state index in [0.717, 1.165) is 54.5 Å². The van der Waals surface area contributed by atoms with Crippen molar-refractivity contribution in [2.24, 2.45) is 0 Å². The molecular formula is C20H21N7S2. The van der Waals surface area contributed by atoms with Crippen LogP contribution in [0.3, 0.4) is 0 Å². The first-order chi connectivity index (χ1) is 14.3. The highest BCUT2D eigenvalue weighted by Crippen LogP contribution is 2.28. The maximum absolute atomic E-state index is 5.44. The normalized spacial score (nSPS) is 14.3. The van der Waals surface area contributed by atoms with Crippen LogP contribution in [0.15, 0.2) is 61.1 Å². The summed E-state index contributed by atoms with van der Waals surface area (Å²) in [5.74, 6) is 0. The number of hydrazine groups is 1. The van der Waals surface area contributed by atoms with E-state index in [-0.39, 0.29) is 0 Å². The van der Waals surface area contributed by atoms with Crippen LogP contribution >= 0.6 is 24.2 Å². The van der Waals surface area contributed by atoms with Crippen molar-refractivity contribution < 1.29 is 0 Å². The minimum Gasteiger partial charge on any atom is -0.314 e. The fraction of sp³-hybridized carbons (Fsp3) is 0.200. The zero-order valence-corrected chi connectivity index (χ0v) is 17.3. The Morgan fingerprint density at radius 1 is 0.966 bits per heavy atom. The van der Waals surface area contributed by atoms with Crippen LogP contribution in [-0.2, 0) is 0 Å². The average Bonchev–Trinajstić information content (AvgIpc) is 2.79. The van der Waals surface area contributed by atoms with Crippen molar-refractivity contribution in [1.29, 1.82) is 0 Å². The van der Waals surface area contributed by atoms with Crippen LogP contribution in [-0.4, -0.2) is 49.8 Å². The van der Waals surface area contributed by atoms with Gasteiger partial charge in [0.1, 0.15) is 0 Å². The van der Waals surface area contributed by atoms with Crippen molar-refractivity contribution in [1.82, 2.24) is 30.0 Å². The lowest BCUT2D eigenvalue weighted by Gasteiger charge is -2.26. The third-order valence-corrected chi connectivity index (χ3v) is 5.56. The monoisotopic (exact) mass is 423 g/mol. The van der Waals surface area contributed by atoms with Gasteiger partial charge in [-0.1, -0.05) is 6.07 Å². The molecular weight excluding hydrogens is 402 g/mol. The second kappa shape index (κ2) is 9.75. The lowest BCUT2D eigenvalue weighted by molar-refractivity contribution is 0.399. The number of anilines is 1. The number of rotatable bonds is 5. The van der Waals surface area contributed by atoms with Crippen molar-refractivity contribution in [3.05, 3.63) is 61.1 Å². The Kier molecular flexibility index (Phi) is 6.63. The van der Waals surface area contributed by atoms with E-state index in [9.17, 15) is 0 Å². The molecule has 0 spiro atoms. The smallest absolute Gasteiger partial charge is 0.167 e. The van der Waals surface area contributed by atoms with Gasteiger partial charge < -0.3 is 5.32 Å². The summed E-state index contributed by atoms with van der Waals surface area (Å²) in [4.78, 5) is 13.5. The van der Waals surface area contributed by atoms with Crippen molar-refractivity contribution in [3.8, 4) is 22.6 Å². The van der Waals surface area contributed by atoms with Crippen LogP contribution in [0, 0.1) is 0 Å². The van der Waals surface area contributed by atoms with Crippen LogP contribution < -0.4 is 16.2 Å². The van der Waals surface area contributed by atoms with Gasteiger partial charge in [0.2, 0.25) is 0 Å². The van der Waals surface area contributed by atoms with E-state index in [2.05, 4.69) is 35.4 Å². The largest absolute Gasteiger partial charge is 0.314 e. The van der Waals surface area contributed by atoms with Crippen LogP contribution in [0.25, 0.3) is 22.6 Å². The highest BCUT2D eigenvalue weighted by molar-refractivity contribution is 8.21. The maximum Gasteiger partial charge on any atom is 0.167 e. The number of nitrogens with one attached hydrogen (secondary N) is 3. The molecule has 0 radical (unpaired) electrons. The molecule has 3 N–H and O–H groups in total. The van der Waals surface area contributed by atoms with Crippen molar-refractivity contribution in [2.45, 2.75) is 0 Å². The summed E-state index contributed by atoms with van der Waals surface area (Å²) in [6.45, 7) is 3.92. The molecule has 3 aromatic heterocycles. The van der Waals surface area contributed by atoms with Gasteiger partial charge in [0.25, 0.3) is 0 Å². The SMILES string of the molecule is S=C(NNc1ccnc(-c2ncccc2-c2ccccn2)c1)SN1CCNCC1. The summed E-state index contributed by atoms with van der Waals surface area (Å²) >= 11 is 6.99. The van der Waals surface area contributed by atoms with Crippen molar-refractivity contribution >= 4 is 34.2 Å². The maximum atomic E-state index is 5.44. The molecule has 1 aliphatic rings. The molecule has 148 valence electrons. The Bertz CT molecular complexity index is 962. The number of aromatic nitrogens is 3. The Hall–Kier alpha value is -2.59. The second-order valence-corrected chi connectivity index (χ2v) is 8.13. The van der Waals surface area contributed by atoms with E-state index in [1.54, 1.807) is 30.5 Å². The number of nitrogens with zero attached hydrogens (tertiary/aromatic N) is 4. The molecule has 4 heterocycles. The predicted molar refractivity (Wildman–Crippen MR) is 122 cm³/mol. The molecule has 0 bridgehead atoms. The van der Waals surface area contributed by atoms with Gasteiger partial charge in [-0.3, -0.25) is 25.8 Å². The molecule has 1 fully saturated rings. The number of piperazine rings is 1. The molecule has 0 atom stereocenters. The van der Waals surface area contributed by atoms with Crippen LogP contribution in [0.4, 0.5) is 5.69 Å². The summed E-state index contributed by atoms with van der Waals surface area (Å²) < 4.78 is 2.93. The molecule has 0 aliphatic carbocycles. The lowest BCUT2D eigenvalue weighted by atomic mass is 10.1. The van der Waals surface area contributed by atoms with E-state index in [1.165, 1.54) is 0 Å². The summed E-state index contributed by atoms with van der Waals surface area (Å²) in [5, 5.41) is 3.33. The fourth-order valence-corrected chi connectivity index (χ4v) is 4.04. The first kappa shape index (κ1) is 19.7. The molecule has 29 heavy (non-hydrogen) atoms. The van der Waals surface area contributed by atoms with Gasteiger partial charge in [0.05, 0.1) is 22.8 Å². The molecule has 1 aliphatic heterocycles. The highest BCUT2D eigenvalue weighted by Gasteiger charge is 2.13. The molecule has 0 unspecified atom stereocenters. The third-order valence-electron chi connectivity index (χ3n) is 4.35. The lowest BCUT2D eigenvalue weighted by Crippen LogP contribution is -2.41. The Labute approximate surface area is 179 Å². The minimum atomic E-state index is 0.678. The first-order valence-corrected chi connectivity index (χ1v) is 10.5. The van der Waals surface area contributed by atoms with Gasteiger partial charge in [-0.05, 0) is 60.6 Å². The van der Waals surface area contributed by atoms with E-state index in [4.69, 9.17) is 12.2 Å². The van der Waals surface area contributed by atoms with E-state index in [1.807, 2.05) is 42.5 Å². The standard InChI is InChI=1S/C20H21N7S2/c28-20(29-27-12-10-21-11-13-27)26-25-15-6-9-23-18(14-15)19-16(4-3-8-24-19)17-5-1-2-7-22-17/h1-9,14,21H,10-13H2,(H,23,25)(H,26,28). The number of thiocarbonyl (C=S) groups is 1. The van der Waals surface area contributed by atoms with Gasteiger partial charge in [-0.2, -0.15) is 0 Å². The quantitative estimate of drug-likeness (QED) is 0.326. The van der Waals surface area contributed by atoms with Crippen LogP contribution in [0.1, 0.15) is 0 Å².